The topological polar surface area (TPSA) is 20.5 Å². The van der Waals surface area contributed by atoms with Crippen LogP contribution in [0.15, 0.2) is 48.8 Å². The average molecular weight is 394 g/mol. The summed E-state index contributed by atoms with van der Waals surface area (Å²) in [5.74, 6) is 0.523. The van der Waals surface area contributed by atoms with E-state index in [0.29, 0.717) is 16.6 Å². The fourth-order valence-corrected chi connectivity index (χ4v) is 4.14. The molecule has 0 spiro atoms. The Bertz CT molecular complexity index is 929. The highest BCUT2D eigenvalue weighted by molar-refractivity contribution is 6.36. The van der Waals surface area contributed by atoms with E-state index in [9.17, 15) is 13.2 Å². The van der Waals surface area contributed by atoms with Gasteiger partial charge in [-0.15, -0.1) is 0 Å². The number of alkyl halides is 3. The SMILES string of the molecule is FC(F)(F)Cc1cnc2c(Cl)c(N3CCC(c4ccccc4)CC3)ccn12. The van der Waals surface area contributed by atoms with Crippen molar-refractivity contribution < 1.29 is 13.2 Å². The van der Waals surface area contributed by atoms with Crippen LogP contribution in [0.5, 0.6) is 0 Å². The summed E-state index contributed by atoms with van der Waals surface area (Å²) in [6, 6.07) is 12.2. The van der Waals surface area contributed by atoms with E-state index in [4.69, 9.17) is 11.6 Å². The number of hydrogen-bond donors (Lipinski definition) is 0. The van der Waals surface area contributed by atoms with Crippen LogP contribution in [0.2, 0.25) is 5.02 Å². The van der Waals surface area contributed by atoms with Gasteiger partial charge in [0.15, 0.2) is 5.65 Å². The molecule has 1 saturated heterocycles. The summed E-state index contributed by atoms with van der Waals surface area (Å²) in [4.78, 5) is 6.32. The first-order chi connectivity index (χ1) is 12.9. The van der Waals surface area contributed by atoms with Crippen molar-refractivity contribution in [2.24, 2.45) is 0 Å². The van der Waals surface area contributed by atoms with Crippen molar-refractivity contribution in [1.82, 2.24) is 9.38 Å². The molecule has 3 heterocycles. The van der Waals surface area contributed by atoms with Crippen LogP contribution in [-0.2, 0) is 6.42 Å². The fraction of sp³-hybridized carbons (Fsp3) is 0.350. The molecule has 0 radical (unpaired) electrons. The Hall–Kier alpha value is -2.21. The molecule has 2 aromatic heterocycles. The summed E-state index contributed by atoms with van der Waals surface area (Å²) < 4.78 is 39.6. The van der Waals surface area contributed by atoms with E-state index >= 15 is 0 Å². The van der Waals surface area contributed by atoms with E-state index in [1.54, 1.807) is 12.3 Å². The lowest BCUT2D eigenvalue weighted by molar-refractivity contribution is -0.127. The molecule has 0 amide bonds. The van der Waals surface area contributed by atoms with Crippen molar-refractivity contribution in [3.8, 4) is 0 Å². The molecule has 3 nitrogen and oxygen atoms in total. The number of nitrogens with zero attached hydrogens (tertiary/aromatic N) is 3. The Labute approximate surface area is 160 Å². The minimum atomic E-state index is -4.28. The predicted octanol–water partition coefficient (Wildman–Crippen LogP) is 5.48. The van der Waals surface area contributed by atoms with Crippen LogP contribution in [-0.4, -0.2) is 28.7 Å². The molecule has 1 fully saturated rings. The van der Waals surface area contributed by atoms with Crippen LogP contribution in [0, 0.1) is 0 Å². The molecule has 0 aliphatic carbocycles. The summed E-state index contributed by atoms with van der Waals surface area (Å²) in [5.41, 5.74) is 2.65. The molecule has 1 aromatic carbocycles. The van der Waals surface area contributed by atoms with E-state index in [0.717, 1.165) is 31.6 Å². The van der Waals surface area contributed by atoms with Gasteiger partial charge in [0.1, 0.15) is 5.02 Å². The second kappa shape index (κ2) is 7.08. The van der Waals surface area contributed by atoms with Gasteiger partial charge in [-0.05, 0) is 30.4 Å². The van der Waals surface area contributed by atoms with E-state index in [1.807, 2.05) is 6.07 Å². The molecule has 0 saturated carbocycles. The van der Waals surface area contributed by atoms with Crippen LogP contribution in [0.25, 0.3) is 5.65 Å². The van der Waals surface area contributed by atoms with Crippen molar-refractivity contribution in [3.05, 3.63) is 65.1 Å². The number of aromatic nitrogens is 2. The van der Waals surface area contributed by atoms with Gasteiger partial charge in [0.25, 0.3) is 0 Å². The monoisotopic (exact) mass is 393 g/mol. The third kappa shape index (κ3) is 3.76. The molecular weight excluding hydrogens is 375 g/mol. The highest BCUT2D eigenvalue weighted by Crippen LogP contribution is 2.35. The third-order valence-electron chi connectivity index (χ3n) is 5.16. The Morgan fingerprint density at radius 3 is 2.44 bits per heavy atom. The minimum Gasteiger partial charge on any atom is -0.370 e. The van der Waals surface area contributed by atoms with Crippen molar-refractivity contribution in [3.63, 3.8) is 0 Å². The summed E-state index contributed by atoms with van der Waals surface area (Å²) in [6.45, 7) is 1.71. The second-order valence-corrected chi connectivity index (χ2v) is 7.30. The van der Waals surface area contributed by atoms with Gasteiger partial charge in [0, 0.05) is 25.5 Å². The number of imidazole rings is 1. The molecule has 0 N–H and O–H groups in total. The highest BCUT2D eigenvalue weighted by Gasteiger charge is 2.30. The number of rotatable bonds is 3. The van der Waals surface area contributed by atoms with Crippen LogP contribution in [0.3, 0.4) is 0 Å². The van der Waals surface area contributed by atoms with Crippen molar-refractivity contribution in [1.29, 1.82) is 0 Å². The van der Waals surface area contributed by atoms with Crippen LogP contribution in [0.1, 0.15) is 30.0 Å². The number of pyridine rings is 1. The number of hydrogen-bond acceptors (Lipinski definition) is 2. The van der Waals surface area contributed by atoms with Crippen LogP contribution >= 0.6 is 11.6 Å². The lowest BCUT2D eigenvalue weighted by Gasteiger charge is -2.34. The maximum atomic E-state index is 12.7. The molecule has 1 aliphatic rings. The summed E-state index contributed by atoms with van der Waals surface area (Å²) in [5, 5.41) is 0.407. The zero-order valence-corrected chi connectivity index (χ0v) is 15.3. The zero-order chi connectivity index (χ0) is 19.0. The van der Waals surface area contributed by atoms with Gasteiger partial charge in [-0.25, -0.2) is 4.98 Å². The molecule has 7 heteroatoms. The first-order valence-electron chi connectivity index (χ1n) is 8.93. The smallest absolute Gasteiger partial charge is 0.370 e. The van der Waals surface area contributed by atoms with Gasteiger partial charge >= 0.3 is 6.18 Å². The van der Waals surface area contributed by atoms with E-state index < -0.39 is 12.6 Å². The van der Waals surface area contributed by atoms with Gasteiger partial charge in [-0.2, -0.15) is 13.2 Å². The molecule has 142 valence electrons. The maximum absolute atomic E-state index is 12.7. The molecule has 0 atom stereocenters. The van der Waals surface area contributed by atoms with E-state index in [2.05, 4.69) is 34.1 Å². The number of fused-ring (bicyclic) bond motifs is 1. The Kier molecular flexibility index (Phi) is 4.76. The van der Waals surface area contributed by atoms with E-state index in [1.165, 1.54) is 16.2 Å². The average Bonchev–Trinajstić information content (AvgIpc) is 3.05. The standard InChI is InChI=1S/C20H19ClF3N3/c21-18-17(8-11-27-16(12-20(22,23)24)13-25-19(18)27)26-9-6-15(7-10-26)14-4-2-1-3-5-14/h1-5,8,11,13,15H,6-7,9-10,12H2. The molecular formula is C20H19ClF3N3. The summed E-state index contributed by atoms with van der Waals surface area (Å²) in [7, 11) is 0. The highest BCUT2D eigenvalue weighted by atomic mass is 35.5. The van der Waals surface area contributed by atoms with Gasteiger partial charge in [-0.3, -0.25) is 0 Å². The lowest BCUT2D eigenvalue weighted by atomic mass is 9.89. The Morgan fingerprint density at radius 2 is 1.78 bits per heavy atom. The minimum absolute atomic E-state index is 0.0914. The number of halogens is 4. The van der Waals surface area contributed by atoms with Crippen molar-refractivity contribution in [2.75, 3.05) is 18.0 Å². The van der Waals surface area contributed by atoms with Crippen molar-refractivity contribution in [2.45, 2.75) is 31.4 Å². The third-order valence-corrected chi connectivity index (χ3v) is 5.53. The van der Waals surface area contributed by atoms with Crippen molar-refractivity contribution >= 4 is 22.9 Å². The summed E-state index contributed by atoms with van der Waals surface area (Å²) in [6.07, 6.45) is -0.390. The Balaban J connectivity index is 1.54. The normalized spacial score (nSPS) is 16.2. The molecule has 1 aliphatic heterocycles. The second-order valence-electron chi connectivity index (χ2n) is 6.92. The largest absolute Gasteiger partial charge is 0.394 e. The molecule has 3 aromatic rings. The van der Waals surface area contributed by atoms with E-state index in [-0.39, 0.29) is 5.69 Å². The van der Waals surface area contributed by atoms with Gasteiger partial charge in [0.05, 0.1) is 17.8 Å². The van der Waals surface area contributed by atoms with Gasteiger partial charge in [0.2, 0.25) is 0 Å². The number of benzene rings is 1. The molecule has 27 heavy (non-hydrogen) atoms. The number of anilines is 1. The zero-order valence-electron chi connectivity index (χ0n) is 14.6. The Morgan fingerprint density at radius 1 is 1.07 bits per heavy atom. The maximum Gasteiger partial charge on any atom is 0.394 e. The lowest BCUT2D eigenvalue weighted by Crippen LogP contribution is -2.33. The quantitative estimate of drug-likeness (QED) is 0.587. The first kappa shape index (κ1) is 18.2. The van der Waals surface area contributed by atoms with Crippen LogP contribution < -0.4 is 4.90 Å². The van der Waals surface area contributed by atoms with Gasteiger partial charge in [-0.1, -0.05) is 41.9 Å². The van der Waals surface area contributed by atoms with Crippen LogP contribution in [0.4, 0.5) is 18.9 Å². The molecule has 0 unspecified atom stereocenters. The number of piperidine rings is 1. The summed E-state index contributed by atoms with van der Waals surface area (Å²) >= 11 is 6.51. The fourth-order valence-electron chi connectivity index (χ4n) is 3.82. The predicted molar refractivity (Wildman–Crippen MR) is 101 cm³/mol. The molecule has 4 rings (SSSR count). The first-order valence-corrected chi connectivity index (χ1v) is 9.31. The molecule has 0 bridgehead atoms. The van der Waals surface area contributed by atoms with Gasteiger partial charge < -0.3 is 9.30 Å².